The second-order valence-electron chi connectivity index (χ2n) is 5.06. The SMILES string of the molecule is Cc1csc(CC(NN)c2ccc3c(c2)OCCCO3)n1. The van der Waals surface area contributed by atoms with Gasteiger partial charge in [-0.05, 0) is 24.6 Å². The number of hydrogen-bond acceptors (Lipinski definition) is 6. The van der Waals surface area contributed by atoms with Crippen molar-refractivity contribution in [1.29, 1.82) is 0 Å². The Hall–Kier alpha value is -1.63. The average molecular weight is 305 g/mol. The average Bonchev–Trinajstić information content (AvgIpc) is 2.76. The Kier molecular flexibility index (Phi) is 4.38. The molecule has 3 rings (SSSR count). The van der Waals surface area contributed by atoms with E-state index in [1.54, 1.807) is 11.3 Å². The molecular formula is C15H19N3O2S. The molecule has 0 fully saturated rings. The molecule has 3 N–H and O–H groups in total. The van der Waals surface area contributed by atoms with Crippen molar-refractivity contribution in [3.8, 4) is 11.5 Å². The Morgan fingerprint density at radius 2 is 2.14 bits per heavy atom. The standard InChI is InChI=1S/C15H19N3O2S/c1-10-9-21-15(17-10)8-12(18-16)11-3-4-13-14(7-11)20-6-2-5-19-13/h3-4,7,9,12,18H,2,5-6,8,16H2,1H3. The monoisotopic (exact) mass is 305 g/mol. The lowest BCUT2D eigenvalue weighted by atomic mass is 10.0. The molecule has 0 spiro atoms. The molecule has 2 heterocycles. The van der Waals surface area contributed by atoms with E-state index in [2.05, 4.69) is 15.8 Å². The molecule has 112 valence electrons. The van der Waals surface area contributed by atoms with Crippen LogP contribution in [0.25, 0.3) is 0 Å². The highest BCUT2D eigenvalue weighted by atomic mass is 32.1. The maximum Gasteiger partial charge on any atom is 0.161 e. The van der Waals surface area contributed by atoms with Crippen LogP contribution >= 0.6 is 11.3 Å². The van der Waals surface area contributed by atoms with Crippen LogP contribution in [0.1, 0.15) is 28.7 Å². The second kappa shape index (κ2) is 6.43. The number of aryl methyl sites for hydroxylation is 1. The zero-order valence-corrected chi connectivity index (χ0v) is 12.8. The molecule has 5 nitrogen and oxygen atoms in total. The minimum absolute atomic E-state index is 0.00713. The van der Waals surface area contributed by atoms with Crippen molar-refractivity contribution < 1.29 is 9.47 Å². The number of nitrogens with two attached hydrogens (primary N) is 1. The highest BCUT2D eigenvalue weighted by Gasteiger charge is 2.17. The van der Waals surface area contributed by atoms with Crippen LogP contribution in [-0.4, -0.2) is 18.2 Å². The molecule has 0 radical (unpaired) electrons. The molecule has 0 saturated heterocycles. The van der Waals surface area contributed by atoms with E-state index in [-0.39, 0.29) is 6.04 Å². The maximum atomic E-state index is 5.73. The van der Waals surface area contributed by atoms with Crippen molar-refractivity contribution in [3.05, 3.63) is 39.8 Å². The van der Waals surface area contributed by atoms with Crippen molar-refractivity contribution in [2.24, 2.45) is 5.84 Å². The summed E-state index contributed by atoms with van der Waals surface area (Å²) in [4.78, 5) is 4.49. The number of hydrogen-bond donors (Lipinski definition) is 2. The first-order valence-electron chi connectivity index (χ1n) is 7.03. The number of hydrazine groups is 1. The first-order chi connectivity index (χ1) is 10.3. The third kappa shape index (κ3) is 3.34. The molecular weight excluding hydrogens is 286 g/mol. The molecule has 1 aliphatic heterocycles. The molecule has 0 bridgehead atoms. The number of nitrogens with zero attached hydrogens (tertiary/aromatic N) is 1. The summed E-state index contributed by atoms with van der Waals surface area (Å²) in [6, 6.07) is 5.99. The fraction of sp³-hybridized carbons (Fsp3) is 0.400. The van der Waals surface area contributed by atoms with E-state index >= 15 is 0 Å². The molecule has 6 heteroatoms. The largest absolute Gasteiger partial charge is 0.490 e. The van der Waals surface area contributed by atoms with Crippen molar-refractivity contribution in [2.45, 2.75) is 25.8 Å². The summed E-state index contributed by atoms with van der Waals surface area (Å²) in [7, 11) is 0. The summed E-state index contributed by atoms with van der Waals surface area (Å²) >= 11 is 1.66. The summed E-state index contributed by atoms with van der Waals surface area (Å²) in [6.45, 7) is 3.38. The van der Waals surface area contributed by atoms with Crippen LogP contribution in [0.2, 0.25) is 0 Å². The molecule has 2 aromatic rings. The number of thiazole rings is 1. The molecule has 1 aromatic heterocycles. The molecule has 21 heavy (non-hydrogen) atoms. The van der Waals surface area contributed by atoms with Crippen LogP contribution in [-0.2, 0) is 6.42 Å². The Morgan fingerprint density at radius 3 is 2.86 bits per heavy atom. The number of benzene rings is 1. The van der Waals surface area contributed by atoms with Gasteiger partial charge in [0.1, 0.15) is 0 Å². The van der Waals surface area contributed by atoms with Gasteiger partial charge < -0.3 is 9.47 Å². The number of nitrogens with one attached hydrogen (secondary N) is 1. The Bertz CT molecular complexity index is 615. The predicted octanol–water partition coefficient (Wildman–Crippen LogP) is 2.36. The van der Waals surface area contributed by atoms with Crippen molar-refractivity contribution in [3.63, 3.8) is 0 Å². The Balaban J connectivity index is 1.81. The highest BCUT2D eigenvalue weighted by molar-refractivity contribution is 7.09. The molecule has 0 saturated carbocycles. The van der Waals surface area contributed by atoms with E-state index in [0.29, 0.717) is 13.2 Å². The minimum atomic E-state index is 0.00713. The van der Waals surface area contributed by atoms with Crippen molar-refractivity contribution >= 4 is 11.3 Å². The summed E-state index contributed by atoms with van der Waals surface area (Å²) in [6.07, 6.45) is 1.66. The van der Waals surface area contributed by atoms with Gasteiger partial charge in [0, 0.05) is 23.9 Å². The first kappa shape index (κ1) is 14.3. The fourth-order valence-corrected chi connectivity index (χ4v) is 3.16. The Morgan fingerprint density at radius 1 is 1.33 bits per heavy atom. The van der Waals surface area contributed by atoms with Gasteiger partial charge in [-0.3, -0.25) is 11.3 Å². The van der Waals surface area contributed by atoms with E-state index in [4.69, 9.17) is 15.3 Å². The smallest absolute Gasteiger partial charge is 0.161 e. The van der Waals surface area contributed by atoms with Crippen LogP contribution in [0.15, 0.2) is 23.6 Å². The summed E-state index contributed by atoms with van der Waals surface area (Å²) in [5.41, 5.74) is 4.99. The topological polar surface area (TPSA) is 69.4 Å². The summed E-state index contributed by atoms with van der Waals surface area (Å²) < 4.78 is 11.4. The second-order valence-corrected chi connectivity index (χ2v) is 6.01. The van der Waals surface area contributed by atoms with Crippen molar-refractivity contribution in [2.75, 3.05) is 13.2 Å². The van der Waals surface area contributed by atoms with E-state index in [1.165, 1.54) is 0 Å². The molecule has 0 amide bonds. The predicted molar refractivity (Wildman–Crippen MR) is 82.7 cm³/mol. The molecule has 1 aliphatic rings. The quantitative estimate of drug-likeness (QED) is 0.670. The molecule has 1 atom stereocenters. The van der Waals surface area contributed by atoms with Crippen molar-refractivity contribution in [1.82, 2.24) is 10.4 Å². The third-order valence-corrected chi connectivity index (χ3v) is 4.41. The van der Waals surface area contributed by atoms with Gasteiger partial charge in [-0.25, -0.2) is 4.98 Å². The van der Waals surface area contributed by atoms with Gasteiger partial charge in [0.2, 0.25) is 0 Å². The van der Waals surface area contributed by atoms with Gasteiger partial charge in [0.15, 0.2) is 11.5 Å². The van der Waals surface area contributed by atoms with Crippen LogP contribution in [0, 0.1) is 6.92 Å². The number of aromatic nitrogens is 1. The normalized spacial score (nSPS) is 15.5. The molecule has 1 aromatic carbocycles. The zero-order chi connectivity index (χ0) is 14.7. The van der Waals surface area contributed by atoms with E-state index in [9.17, 15) is 0 Å². The van der Waals surface area contributed by atoms with E-state index < -0.39 is 0 Å². The van der Waals surface area contributed by atoms with E-state index in [1.807, 2.05) is 25.1 Å². The van der Waals surface area contributed by atoms with Crippen LogP contribution in [0.3, 0.4) is 0 Å². The Labute approximate surface area is 128 Å². The van der Waals surface area contributed by atoms with E-state index in [0.717, 1.165) is 40.6 Å². The van der Waals surface area contributed by atoms with Gasteiger partial charge in [-0.2, -0.15) is 0 Å². The summed E-state index contributed by atoms with van der Waals surface area (Å²) in [5.74, 6) is 7.32. The number of fused-ring (bicyclic) bond motifs is 1. The lowest BCUT2D eigenvalue weighted by Crippen LogP contribution is -2.29. The first-order valence-corrected chi connectivity index (χ1v) is 7.91. The van der Waals surface area contributed by atoms with Crippen LogP contribution < -0.4 is 20.7 Å². The fourth-order valence-electron chi connectivity index (χ4n) is 2.34. The van der Waals surface area contributed by atoms with Crippen LogP contribution in [0.5, 0.6) is 11.5 Å². The zero-order valence-electron chi connectivity index (χ0n) is 12.0. The lowest BCUT2D eigenvalue weighted by molar-refractivity contribution is 0.297. The van der Waals surface area contributed by atoms with Gasteiger partial charge in [-0.15, -0.1) is 11.3 Å². The highest BCUT2D eigenvalue weighted by Crippen LogP contribution is 2.33. The molecule has 0 aliphatic carbocycles. The lowest BCUT2D eigenvalue weighted by Gasteiger charge is -2.17. The maximum absolute atomic E-state index is 5.73. The van der Waals surface area contributed by atoms with Crippen LogP contribution in [0.4, 0.5) is 0 Å². The third-order valence-electron chi connectivity index (χ3n) is 3.42. The van der Waals surface area contributed by atoms with Gasteiger partial charge >= 0.3 is 0 Å². The van der Waals surface area contributed by atoms with Gasteiger partial charge in [0.25, 0.3) is 0 Å². The molecule has 1 unspecified atom stereocenters. The summed E-state index contributed by atoms with van der Waals surface area (Å²) in [5, 5.41) is 3.12. The minimum Gasteiger partial charge on any atom is -0.490 e. The number of ether oxygens (including phenoxy) is 2. The number of rotatable bonds is 4. The van der Waals surface area contributed by atoms with Gasteiger partial charge in [0.05, 0.1) is 24.3 Å². The van der Waals surface area contributed by atoms with Gasteiger partial charge in [-0.1, -0.05) is 6.07 Å².